The zero-order valence-corrected chi connectivity index (χ0v) is 7.51. The molecule has 0 unspecified atom stereocenters. The number of halogens is 1. The van der Waals surface area contributed by atoms with Crippen molar-refractivity contribution in [2.75, 3.05) is 13.2 Å². The normalized spacial score (nSPS) is 8.75. The summed E-state index contributed by atoms with van der Waals surface area (Å²) >= 11 is 0. The van der Waals surface area contributed by atoms with Gasteiger partial charge in [-0.15, -0.1) is 12.4 Å². The van der Waals surface area contributed by atoms with E-state index in [9.17, 15) is 0 Å². The maximum absolute atomic E-state index is 5.30. The van der Waals surface area contributed by atoms with Crippen LogP contribution in [0.4, 0.5) is 0 Å². The Hall–Kier alpha value is -0.770. The summed E-state index contributed by atoms with van der Waals surface area (Å²) in [7, 11) is 0. The summed E-state index contributed by atoms with van der Waals surface area (Å²) in [4.78, 5) is 0. The molecule has 0 spiro atoms. The minimum Gasteiger partial charge on any atom is -0.492 e. The molecule has 0 saturated heterocycles. The molecule has 12 heavy (non-hydrogen) atoms. The Morgan fingerprint density at radius 3 is 2.50 bits per heavy atom. The second kappa shape index (κ2) is 6.91. The van der Waals surface area contributed by atoms with Crippen LogP contribution in [0.2, 0.25) is 0 Å². The molecule has 0 saturated carbocycles. The number of nitrogens with one attached hydrogen (secondary N) is 1. The van der Waals surface area contributed by atoms with Crippen molar-refractivity contribution < 1.29 is 4.74 Å². The average Bonchev–Trinajstić information content (AvgIpc) is 2.07. The number of hydrogen-bond donors (Lipinski definition) is 2. The van der Waals surface area contributed by atoms with E-state index in [1.165, 1.54) is 0 Å². The Balaban J connectivity index is 0.00000121. The van der Waals surface area contributed by atoms with E-state index in [2.05, 4.69) is 5.43 Å². The molecule has 0 aromatic heterocycles. The van der Waals surface area contributed by atoms with Gasteiger partial charge in [-0.2, -0.15) is 0 Å². The Morgan fingerprint density at radius 1 is 1.25 bits per heavy atom. The smallest absolute Gasteiger partial charge is 0.119 e. The maximum Gasteiger partial charge on any atom is 0.119 e. The quantitative estimate of drug-likeness (QED) is 0.420. The van der Waals surface area contributed by atoms with Crippen LogP contribution in [0, 0.1) is 0 Å². The molecule has 0 amide bonds. The maximum atomic E-state index is 5.30. The fourth-order valence-corrected chi connectivity index (χ4v) is 0.745. The molecule has 3 N–H and O–H groups in total. The molecule has 1 aromatic carbocycles. The van der Waals surface area contributed by atoms with E-state index in [1.807, 2.05) is 30.3 Å². The zero-order chi connectivity index (χ0) is 7.94. The molecule has 68 valence electrons. The zero-order valence-electron chi connectivity index (χ0n) is 6.69. The largest absolute Gasteiger partial charge is 0.492 e. The number of hydrogen-bond acceptors (Lipinski definition) is 3. The third-order valence-electron chi connectivity index (χ3n) is 1.26. The summed E-state index contributed by atoms with van der Waals surface area (Å²) in [5, 5.41) is 0. The lowest BCUT2D eigenvalue weighted by Crippen LogP contribution is -2.27. The summed E-state index contributed by atoms with van der Waals surface area (Å²) in [6, 6.07) is 9.65. The van der Waals surface area contributed by atoms with Crippen LogP contribution in [-0.2, 0) is 0 Å². The van der Waals surface area contributed by atoms with Gasteiger partial charge < -0.3 is 4.74 Å². The number of benzene rings is 1. The molecule has 0 bridgehead atoms. The molecule has 0 heterocycles. The Morgan fingerprint density at radius 2 is 1.92 bits per heavy atom. The van der Waals surface area contributed by atoms with Crippen LogP contribution in [0.1, 0.15) is 0 Å². The molecular weight excluding hydrogens is 176 g/mol. The van der Waals surface area contributed by atoms with Gasteiger partial charge in [-0.1, -0.05) is 18.2 Å². The fraction of sp³-hybridized carbons (Fsp3) is 0.250. The molecule has 3 nitrogen and oxygen atoms in total. The highest BCUT2D eigenvalue weighted by Crippen LogP contribution is 2.06. The first-order valence-electron chi connectivity index (χ1n) is 3.55. The second-order valence-electron chi connectivity index (χ2n) is 2.12. The summed E-state index contributed by atoms with van der Waals surface area (Å²) < 4.78 is 5.30. The van der Waals surface area contributed by atoms with Crippen LogP contribution in [0.15, 0.2) is 30.3 Å². The highest BCUT2D eigenvalue weighted by molar-refractivity contribution is 5.85. The van der Waals surface area contributed by atoms with Gasteiger partial charge in [0.2, 0.25) is 0 Å². The Kier molecular flexibility index (Phi) is 6.47. The van der Waals surface area contributed by atoms with Crippen LogP contribution in [0.3, 0.4) is 0 Å². The minimum atomic E-state index is 0. The Bertz CT molecular complexity index is 194. The predicted octanol–water partition coefficient (Wildman–Crippen LogP) is 0.951. The van der Waals surface area contributed by atoms with Crippen molar-refractivity contribution in [3.63, 3.8) is 0 Å². The van der Waals surface area contributed by atoms with Crippen molar-refractivity contribution >= 4 is 12.4 Å². The van der Waals surface area contributed by atoms with Gasteiger partial charge in [-0.05, 0) is 12.1 Å². The van der Waals surface area contributed by atoms with Crippen LogP contribution >= 0.6 is 12.4 Å². The summed E-state index contributed by atoms with van der Waals surface area (Å²) in [5.74, 6) is 5.94. The topological polar surface area (TPSA) is 47.3 Å². The van der Waals surface area contributed by atoms with Gasteiger partial charge in [0.1, 0.15) is 12.4 Å². The molecule has 0 fully saturated rings. The van der Waals surface area contributed by atoms with Crippen molar-refractivity contribution in [3.05, 3.63) is 30.3 Å². The van der Waals surface area contributed by atoms with E-state index in [-0.39, 0.29) is 12.4 Å². The van der Waals surface area contributed by atoms with Gasteiger partial charge in [0.25, 0.3) is 0 Å². The number of hydrazine groups is 1. The first kappa shape index (κ1) is 11.2. The number of para-hydroxylation sites is 1. The van der Waals surface area contributed by atoms with Gasteiger partial charge in [0, 0.05) is 6.54 Å². The van der Waals surface area contributed by atoms with Crippen LogP contribution in [-0.4, -0.2) is 13.2 Å². The molecule has 0 aliphatic carbocycles. The van der Waals surface area contributed by atoms with E-state index in [4.69, 9.17) is 10.6 Å². The molecule has 0 radical (unpaired) electrons. The number of rotatable bonds is 4. The summed E-state index contributed by atoms with van der Waals surface area (Å²) in [6.45, 7) is 1.26. The van der Waals surface area contributed by atoms with E-state index in [0.717, 1.165) is 5.75 Å². The number of ether oxygens (including phenoxy) is 1. The Labute approximate surface area is 78.3 Å². The highest BCUT2D eigenvalue weighted by Gasteiger charge is 1.88. The van der Waals surface area contributed by atoms with Gasteiger partial charge in [-0.3, -0.25) is 11.3 Å². The van der Waals surface area contributed by atoms with Crippen molar-refractivity contribution in [1.29, 1.82) is 0 Å². The van der Waals surface area contributed by atoms with Crippen molar-refractivity contribution in [2.45, 2.75) is 0 Å². The van der Waals surface area contributed by atoms with Crippen LogP contribution in [0.25, 0.3) is 0 Å². The third kappa shape index (κ3) is 4.18. The first-order chi connectivity index (χ1) is 5.43. The van der Waals surface area contributed by atoms with E-state index in [0.29, 0.717) is 13.2 Å². The van der Waals surface area contributed by atoms with Crippen molar-refractivity contribution in [3.8, 4) is 5.75 Å². The third-order valence-corrected chi connectivity index (χ3v) is 1.26. The number of nitrogens with two attached hydrogens (primary N) is 1. The lowest BCUT2D eigenvalue weighted by Gasteiger charge is -2.03. The van der Waals surface area contributed by atoms with E-state index >= 15 is 0 Å². The van der Waals surface area contributed by atoms with E-state index < -0.39 is 0 Å². The summed E-state index contributed by atoms with van der Waals surface area (Å²) in [6.07, 6.45) is 0. The minimum absolute atomic E-state index is 0. The molecule has 0 atom stereocenters. The molecule has 1 rings (SSSR count). The predicted molar refractivity (Wildman–Crippen MR) is 51.4 cm³/mol. The molecular formula is C8H13ClN2O. The van der Waals surface area contributed by atoms with Crippen LogP contribution in [0.5, 0.6) is 5.75 Å². The van der Waals surface area contributed by atoms with Gasteiger partial charge >= 0.3 is 0 Å². The molecule has 0 aliphatic rings. The monoisotopic (exact) mass is 188 g/mol. The second-order valence-corrected chi connectivity index (χ2v) is 2.12. The summed E-state index contributed by atoms with van der Waals surface area (Å²) in [5.41, 5.74) is 2.51. The SMILES string of the molecule is Cl.NNCCOc1ccccc1. The van der Waals surface area contributed by atoms with Crippen molar-refractivity contribution in [2.24, 2.45) is 5.84 Å². The molecule has 0 aliphatic heterocycles. The van der Waals surface area contributed by atoms with Crippen LogP contribution < -0.4 is 16.0 Å². The van der Waals surface area contributed by atoms with Gasteiger partial charge in [0.05, 0.1) is 0 Å². The standard InChI is InChI=1S/C8H12N2O.ClH/c9-10-6-7-11-8-4-2-1-3-5-8;/h1-5,10H,6-7,9H2;1H. The van der Waals surface area contributed by atoms with Gasteiger partial charge in [-0.25, -0.2) is 0 Å². The first-order valence-corrected chi connectivity index (χ1v) is 3.55. The molecule has 1 aromatic rings. The fourth-order valence-electron chi connectivity index (χ4n) is 0.745. The molecule has 4 heteroatoms. The average molecular weight is 189 g/mol. The lowest BCUT2D eigenvalue weighted by molar-refractivity contribution is 0.315. The van der Waals surface area contributed by atoms with E-state index in [1.54, 1.807) is 0 Å². The lowest BCUT2D eigenvalue weighted by atomic mass is 10.3. The van der Waals surface area contributed by atoms with Gasteiger partial charge in [0.15, 0.2) is 0 Å². The highest BCUT2D eigenvalue weighted by atomic mass is 35.5. The van der Waals surface area contributed by atoms with Crippen molar-refractivity contribution in [1.82, 2.24) is 5.43 Å².